The van der Waals surface area contributed by atoms with Gasteiger partial charge in [-0.2, -0.15) is 0 Å². The first-order valence-electron chi connectivity index (χ1n) is 5.11. The van der Waals surface area contributed by atoms with E-state index in [1.807, 2.05) is 0 Å². The van der Waals surface area contributed by atoms with Crippen LogP contribution in [-0.4, -0.2) is 57.2 Å². The molecule has 1 aliphatic rings. The van der Waals surface area contributed by atoms with Crippen LogP contribution in [0.3, 0.4) is 0 Å². The average Bonchev–Trinajstić information content (AvgIpc) is 2.38. The van der Waals surface area contributed by atoms with Crippen molar-refractivity contribution in [2.75, 3.05) is 6.61 Å². The Hall–Kier alpha value is 0.0549. The van der Waals surface area contributed by atoms with E-state index < -0.39 is 37.7 Å². The molecule has 0 spiro atoms. The first-order valence-corrected chi connectivity index (χ1v) is 6.64. The summed E-state index contributed by atoms with van der Waals surface area (Å²) in [6.45, 7) is 4.14. The molecular weight excluding hydrogens is 250 g/mol. The number of phosphoric ester groups is 1. The highest BCUT2D eigenvalue weighted by molar-refractivity contribution is 7.46. The number of hydrogen-bond acceptors (Lipinski definition) is 5. The summed E-state index contributed by atoms with van der Waals surface area (Å²) in [6, 6.07) is 0. The molecule has 0 bridgehead atoms. The number of rotatable bonds is 4. The van der Waals surface area contributed by atoms with Gasteiger partial charge < -0.3 is 24.7 Å². The van der Waals surface area contributed by atoms with Gasteiger partial charge in [0.05, 0.1) is 12.1 Å². The molecule has 1 rings (SSSR count). The molecule has 1 heterocycles. The summed E-state index contributed by atoms with van der Waals surface area (Å²) in [5, 5.41) is 19.7. The molecule has 1 radical (unpaired) electrons. The molecular formula is C8H17BO7P. The van der Waals surface area contributed by atoms with Crippen LogP contribution in [0.1, 0.15) is 13.8 Å². The molecule has 0 saturated carbocycles. The van der Waals surface area contributed by atoms with Crippen LogP contribution in [0, 0.1) is 0 Å². The number of aliphatic hydroxyl groups is 2. The first-order chi connectivity index (χ1) is 7.54. The largest absolute Gasteiger partial charge is 0.469 e. The van der Waals surface area contributed by atoms with Crippen LogP contribution in [0.5, 0.6) is 0 Å². The smallest absolute Gasteiger partial charge is 0.388 e. The fourth-order valence-corrected chi connectivity index (χ4v) is 2.25. The topological polar surface area (TPSA) is 116 Å². The van der Waals surface area contributed by atoms with Crippen molar-refractivity contribution in [3.63, 3.8) is 0 Å². The van der Waals surface area contributed by atoms with Gasteiger partial charge in [-0.3, -0.25) is 4.52 Å². The number of aliphatic hydroxyl groups excluding tert-OH is 2. The van der Waals surface area contributed by atoms with Crippen LogP contribution in [0.15, 0.2) is 0 Å². The predicted molar refractivity (Wildman–Crippen MR) is 59.5 cm³/mol. The maximum absolute atomic E-state index is 10.6. The van der Waals surface area contributed by atoms with Crippen LogP contribution >= 0.6 is 7.82 Å². The van der Waals surface area contributed by atoms with E-state index in [0.717, 1.165) is 0 Å². The maximum Gasteiger partial charge on any atom is 0.469 e. The minimum atomic E-state index is -4.64. The molecule has 7 nitrogen and oxygen atoms in total. The van der Waals surface area contributed by atoms with Gasteiger partial charge in [0.2, 0.25) is 0 Å². The molecule has 1 fully saturated rings. The highest BCUT2D eigenvalue weighted by Crippen LogP contribution is 2.42. The Morgan fingerprint density at radius 1 is 1.35 bits per heavy atom. The SMILES string of the molecule is C[B]C1(C)OC(C)(COP(=O)(O)O)[C@H](O)[C@@H]1O. The van der Waals surface area contributed by atoms with Crippen molar-refractivity contribution < 1.29 is 33.8 Å². The van der Waals surface area contributed by atoms with E-state index in [1.54, 1.807) is 21.0 Å². The predicted octanol–water partition coefficient (Wildman–Crippen LogP) is -0.925. The van der Waals surface area contributed by atoms with Gasteiger partial charge in [0.25, 0.3) is 0 Å². The Bertz CT molecular complexity index is 334. The highest BCUT2D eigenvalue weighted by Gasteiger charge is 2.57. The van der Waals surface area contributed by atoms with Gasteiger partial charge in [-0.05, 0) is 13.8 Å². The van der Waals surface area contributed by atoms with Crippen molar-refractivity contribution in [2.24, 2.45) is 0 Å². The van der Waals surface area contributed by atoms with Crippen LogP contribution in [0.2, 0.25) is 6.82 Å². The molecule has 1 aliphatic heterocycles. The summed E-state index contributed by atoms with van der Waals surface area (Å²) >= 11 is 0. The second-order valence-electron chi connectivity index (χ2n) is 4.54. The Balaban J connectivity index is 2.81. The Morgan fingerprint density at radius 3 is 2.24 bits per heavy atom. The van der Waals surface area contributed by atoms with Crippen molar-refractivity contribution in [1.29, 1.82) is 0 Å². The number of hydrogen-bond donors (Lipinski definition) is 4. The average molecular weight is 267 g/mol. The summed E-state index contributed by atoms with van der Waals surface area (Å²) < 4.78 is 20.4. The van der Waals surface area contributed by atoms with Crippen molar-refractivity contribution >= 4 is 15.1 Å². The van der Waals surface area contributed by atoms with Crippen LogP contribution in [0.4, 0.5) is 0 Å². The van der Waals surface area contributed by atoms with E-state index in [0.29, 0.717) is 0 Å². The third kappa shape index (κ3) is 3.09. The number of phosphoric acid groups is 1. The summed E-state index contributed by atoms with van der Waals surface area (Å²) in [5.74, 6) is 0. The van der Waals surface area contributed by atoms with Gasteiger partial charge in [0, 0.05) is 0 Å². The van der Waals surface area contributed by atoms with Gasteiger partial charge in [0.15, 0.2) is 7.28 Å². The molecule has 99 valence electrons. The maximum atomic E-state index is 10.6. The lowest BCUT2D eigenvalue weighted by Gasteiger charge is -2.29. The Morgan fingerprint density at radius 2 is 1.88 bits per heavy atom. The van der Waals surface area contributed by atoms with Crippen molar-refractivity contribution in [1.82, 2.24) is 0 Å². The van der Waals surface area contributed by atoms with Gasteiger partial charge in [0.1, 0.15) is 17.8 Å². The van der Waals surface area contributed by atoms with E-state index in [1.165, 1.54) is 6.92 Å². The molecule has 4 atom stereocenters. The standard InChI is InChI=1S/C8H17BO7P/c1-7(4-15-17(12,13)14)5(10)6(11)8(2,9-3)16-7/h5-6,10-11H,4H2,1-3H3,(H2,12,13,14)/t5-,6+,7?,8?/m1/s1. The van der Waals surface area contributed by atoms with Crippen LogP contribution in [-0.2, 0) is 13.8 Å². The first kappa shape index (κ1) is 15.1. The van der Waals surface area contributed by atoms with Gasteiger partial charge in [-0.15, -0.1) is 0 Å². The molecule has 1 saturated heterocycles. The van der Waals surface area contributed by atoms with Crippen molar-refractivity contribution in [3.05, 3.63) is 0 Å². The highest BCUT2D eigenvalue weighted by atomic mass is 31.2. The molecule has 0 aromatic heterocycles. The van der Waals surface area contributed by atoms with Gasteiger partial charge in [-0.25, -0.2) is 4.57 Å². The lowest BCUT2D eigenvalue weighted by molar-refractivity contribution is -0.105. The third-order valence-electron chi connectivity index (χ3n) is 3.06. The zero-order valence-corrected chi connectivity index (χ0v) is 10.8. The zero-order chi connectivity index (χ0) is 13.5. The normalized spacial score (nSPS) is 42.8. The van der Waals surface area contributed by atoms with Crippen molar-refractivity contribution in [3.8, 4) is 0 Å². The fraction of sp³-hybridized carbons (Fsp3) is 1.00. The molecule has 0 aliphatic carbocycles. The van der Waals surface area contributed by atoms with E-state index in [9.17, 15) is 14.8 Å². The minimum absolute atomic E-state index is 0.515. The Kier molecular flexibility index (Phi) is 4.11. The summed E-state index contributed by atoms with van der Waals surface area (Å²) in [7, 11) is -3.07. The molecule has 0 aromatic rings. The molecule has 9 heteroatoms. The fourth-order valence-electron chi connectivity index (χ4n) is 1.83. The lowest BCUT2D eigenvalue weighted by atomic mass is 9.61. The Labute approximate surface area is 100 Å². The second-order valence-corrected chi connectivity index (χ2v) is 5.78. The van der Waals surface area contributed by atoms with Crippen LogP contribution < -0.4 is 0 Å². The lowest BCUT2D eigenvalue weighted by Crippen LogP contribution is -2.45. The number of ether oxygens (including phenoxy) is 1. The summed E-state index contributed by atoms with van der Waals surface area (Å²) in [6.07, 6.45) is -2.48. The van der Waals surface area contributed by atoms with E-state index >= 15 is 0 Å². The van der Waals surface area contributed by atoms with Gasteiger partial charge in [-0.1, -0.05) is 6.82 Å². The summed E-state index contributed by atoms with van der Waals surface area (Å²) in [5.41, 5.74) is -2.45. The molecule has 2 unspecified atom stereocenters. The monoisotopic (exact) mass is 267 g/mol. The molecule has 4 N–H and O–H groups in total. The van der Waals surface area contributed by atoms with E-state index in [2.05, 4.69) is 4.52 Å². The second kappa shape index (κ2) is 4.62. The zero-order valence-electron chi connectivity index (χ0n) is 9.90. The third-order valence-corrected chi connectivity index (χ3v) is 3.52. The van der Waals surface area contributed by atoms with Crippen LogP contribution in [0.25, 0.3) is 0 Å². The van der Waals surface area contributed by atoms with E-state index in [-0.39, 0.29) is 0 Å². The van der Waals surface area contributed by atoms with Gasteiger partial charge >= 0.3 is 7.82 Å². The van der Waals surface area contributed by atoms with Crippen molar-refractivity contribution in [2.45, 2.75) is 44.0 Å². The molecule has 17 heavy (non-hydrogen) atoms. The molecule has 0 amide bonds. The van der Waals surface area contributed by atoms with E-state index in [4.69, 9.17) is 14.5 Å². The minimum Gasteiger partial charge on any atom is -0.388 e. The summed E-state index contributed by atoms with van der Waals surface area (Å²) in [4.78, 5) is 17.2. The quantitative estimate of drug-likeness (QED) is 0.384. The molecule has 0 aromatic carbocycles.